The molecule has 0 fully saturated rings. The summed E-state index contributed by atoms with van der Waals surface area (Å²) in [5.41, 5.74) is -0.880. The van der Waals surface area contributed by atoms with Gasteiger partial charge in [0, 0.05) is 39.5 Å². The molecular formula is C9H20N4O6P3+. The largest absolute Gasteiger partial charge is 0.414 e. The van der Waals surface area contributed by atoms with Gasteiger partial charge < -0.3 is 9.05 Å². The molecule has 13 heteroatoms. The van der Waals surface area contributed by atoms with Crippen molar-refractivity contribution < 1.29 is 28.0 Å². The second-order valence-electron chi connectivity index (χ2n) is 4.13. The summed E-state index contributed by atoms with van der Waals surface area (Å²) in [6.07, 6.45) is 0. The van der Waals surface area contributed by atoms with Crippen molar-refractivity contribution in [3.63, 3.8) is 0 Å². The molecule has 0 radical (unpaired) electrons. The Kier molecular flexibility index (Phi) is 6.35. The number of nitrogens with two attached hydrogens (primary N) is 1. The summed E-state index contributed by atoms with van der Waals surface area (Å²) in [7, 11) is -4.93. The van der Waals surface area contributed by atoms with Gasteiger partial charge in [-0.2, -0.15) is 9.04 Å². The van der Waals surface area contributed by atoms with Gasteiger partial charge in [-0.25, -0.2) is 10.6 Å². The zero-order chi connectivity index (χ0) is 17.3. The fourth-order valence-corrected chi connectivity index (χ4v) is 12.7. The fraction of sp³-hybridized carbons (Fsp3) is 0.667. The van der Waals surface area contributed by atoms with Gasteiger partial charge in [0.2, 0.25) is 8.22 Å². The Bertz CT molecular complexity index is 549. The van der Waals surface area contributed by atoms with Crippen LogP contribution in [0.5, 0.6) is 0 Å². The minimum absolute atomic E-state index is 0.389. The number of rotatable bonds is 5. The van der Waals surface area contributed by atoms with E-state index in [-0.39, 0.29) is 5.52 Å². The molecule has 1 amide bonds. The van der Waals surface area contributed by atoms with Gasteiger partial charge in [-0.3, -0.25) is 9.59 Å². The zero-order valence-electron chi connectivity index (χ0n) is 13.2. The summed E-state index contributed by atoms with van der Waals surface area (Å²) in [6, 6.07) is 0. The van der Waals surface area contributed by atoms with Crippen molar-refractivity contribution in [2.24, 2.45) is 10.4 Å². The van der Waals surface area contributed by atoms with Crippen molar-refractivity contribution >= 4 is 40.6 Å². The van der Waals surface area contributed by atoms with E-state index in [0.717, 1.165) is 8.99 Å². The van der Waals surface area contributed by atoms with Crippen LogP contribution in [-0.2, 0) is 28.0 Å². The molecular weight excluding hydrogens is 353 g/mol. The Morgan fingerprint density at radius 1 is 1.14 bits per heavy atom. The van der Waals surface area contributed by atoms with E-state index in [2.05, 4.69) is 4.52 Å². The number of hydrazine groups is 1. The Morgan fingerprint density at radius 2 is 1.64 bits per heavy atom. The number of hydrogen-bond acceptors (Lipinski definition) is 9. The van der Waals surface area contributed by atoms with Crippen LogP contribution in [0.1, 0.15) is 20.8 Å². The smallest absolute Gasteiger partial charge is 0.312 e. The van der Waals surface area contributed by atoms with Gasteiger partial charge in [0.15, 0.2) is 5.52 Å². The van der Waals surface area contributed by atoms with Crippen molar-refractivity contribution in [1.29, 1.82) is 0 Å². The molecule has 0 saturated carbocycles. The average molecular weight is 373 g/mol. The molecule has 0 aromatic heterocycles. The molecule has 1 aliphatic heterocycles. The first-order chi connectivity index (χ1) is 10.1. The van der Waals surface area contributed by atoms with Crippen LogP contribution in [0, 0.1) is 0 Å². The Morgan fingerprint density at radius 3 is 1.91 bits per heavy atom. The maximum absolute atomic E-state index is 12.3. The van der Waals surface area contributed by atoms with E-state index in [1.54, 1.807) is 0 Å². The maximum atomic E-state index is 12.3. The lowest BCUT2D eigenvalue weighted by Crippen LogP contribution is -2.44. The van der Waals surface area contributed by atoms with E-state index in [4.69, 9.17) is 19.4 Å². The zero-order valence-corrected chi connectivity index (χ0v) is 15.9. The third-order valence-corrected chi connectivity index (χ3v) is 12.5. The van der Waals surface area contributed by atoms with Gasteiger partial charge >= 0.3 is 21.0 Å². The Balaban J connectivity index is 3.81. The summed E-state index contributed by atoms with van der Waals surface area (Å²) in [4.78, 5) is 36.4. The Labute approximate surface area is 130 Å². The molecule has 2 unspecified atom stereocenters. The number of carbonyl (C=O) groups excluding carboxylic acids is 3. The molecule has 2 atom stereocenters. The molecule has 22 heavy (non-hydrogen) atoms. The van der Waals surface area contributed by atoms with Crippen LogP contribution in [0.25, 0.3) is 0 Å². The highest BCUT2D eigenvalue weighted by molar-refractivity contribution is 7.99. The van der Waals surface area contributed by atoms with Gasteiger partial charge in [-0.15, -0.1) is 4.44 Å². The summed E-state index contributed by atoms with van der Waals surface area (Å²) < 4.78 is 22.3. The molecule has 2 N–H and O–H groups in total. The predicted octanol–water partition coefficient (Wildman–Crippen LogP) is 2.08. The molecule has 1 aliphatic rings. The highest BCUT2D eigenvalue weighted by Crippen LogP contribution is 2.85. The summed E-state index contributed by atoms with van der Waals surface area (Å²) >= 11 is 0. The summed E-state index contributed by atoms with van der Waals surface area (Å²) in [5, 5.41) is 0. The lowest BCUT2D eigenvalue weighted by Gasteiger charge is -2.43. The highest BCUT2D eigenvalue weighted by Gasteiger charge is 2.70. The van der Waals surface area contributed by atoms with Crippen LogP contribution in [-0.4, -0.2) is 47.3 Å². The number of amides is 1. The maximum Gasteiger partial charge on any atom is 0.414 e. The van der Waals surface area contributed by atoms with E-state index in [0.29, 0.717) is 0 Å². The van der Waals surface area contributed by atoms with Crippen LogP contribution in [0.15, 0.2) is 4.52 Å². The summed E-state index contributed by atoms with van der Waals surface area (Å²) in [5.74, 6) is 5.53. The molecule has 0 bridgehead atoms. The molecule has 0 aliphatic carbocycles. The third kappa shape index (κ3) is 2.79. The van der Waals surface area contributed by atoms with Crippen molar-refractivity contribution in [3.8, 4) is 0 Å². The number of nitrogens with zero attached hydrogens (tertiary/aromatic N) is 3. The standard InChI is InChI=1S/C9H20N4O6P3/c1-7(14)12-20(8(2)15)11-22(18-5,19-6)13(10)21(12,17-4)9(3)16/h10H2,1-6H3/q+1. The van der Waals surface area contributed by atoms with Crippen LogP contribution in [0.3, 0.4) is 0 Å². The van der Waals surface area contributed by atoms with Gasteiger partial charge in [-0.05, 0) is 0 Å². The van der Waals surface area contributed by atoms with Crippen molar-refractivity contribution in [2.75, 3.05) is 21.3 Å². The SMILES string of the molecule is COP1(OC)=NP(C(C)=O)N(C(C)=O)[P+](OC)(C(C)=O)N1N. The molecule has 10 nitrogen and oxygen atoms in total. The normalized spacial score (nSPS) is 28.1. The van der Waals surface area contributed by atoms with E-state index in [9.17, 15) is 14.4 Å². The second kappa shape index (κ2) is 7.07. The molecule has 1 rings (SSSR count). The second-order valence-corrected chi connectivity index (χ2v) is 12.1. The van der Waals surface area contributed by atoms with Crippen LogP contribution < -0.4 is 5.84 Å². The average Bonchev–Trinajstić information content (AvgIpc) is 2.46. The lowest BCUT2D eigenvalue weighted by molar-refractivity contribution is -0.123. The van der Waals surface area contributed by atoms with Gasteiger partial charge in [0.05, 0.1) is 7.11 Å². The van der Waals surface area contributed by atoms with Crippen molar-refractivity contribution in [3.05, 3.63) is 0 Å². The topological polar surface area (TPSA) is 124 Å². The minimum atomic E-state index is -3.50. The quantitative estimate of drug-likeness (QED) is 0.574. The first-order valence-electron chi connectivity index (χ1n) is 6.01. The molecule has 0 aromatic rings. The number of carbonyl (C=O) groups is 3. The van der Waals surface area contributed by atoms with Crippen LogP contribution in [0.4, 0.5) is 0 Å². The van der Waals surface area contributed by atoms with Gasteiger partial charge in [0.25, 0.3) is 5.91 Å². The van der Waals surface area contributed by atoms with E-state index >= 15 is 0 Å². The third-order valence-electron chi connectivity index (χ3n) is 2.87. The molecule has 0 aromatic carbocycles. The highest BCUT2D eigenvalue weighted by atomic mass is 31.3. The molecule has 0 spiro atoms. The minimum Gasteiger partial charge on any atom is -0.312 e. The molecule has 126 valence electrons. The van der Waals surface area contributed by atoms with E-state index in [1.165, 1.54) is 42.1 Å². The first-order valence-corrected chi connectivity index (χ1v) is 10.4. The number of hydrogen-bond donors (Lipinski definition) is 1. The fourth-order valence-electron chi connectivity index (χ4n) is 1.94. The monoisotopic (exact) mass is 373 g/mol. The van der Waals surface area contributed by atoms with E-state index < -0.39 is 35.1 Å². The predicted molar refractivity (Wildman–Crippen MR) is 84.1 cm³/mol. The molecule has 1 heterocycles. The van der Waals surface area contributed by atoms with Crippen LogP contribution in [0.2, 0.25) is 0 Å². The lowest BCUT2D eigenvalue weighted by atomic mass is 10.8. The van der Waals surface area contributed by atoms with E-state index in [1.807, 2.05) is 0 Å². The Hall–Kier alpha value is -0.300. The first kappa shape index (κ1) is 19.7. The van der Waals surface area contributed by atoms with Crippen molar-refractivity contribution in [2.45, 2.75) is 20.8 Å². The summed E-state index contributed by atoms with van der Waals surface area (Å²) in [6.45, 7) is 3.75. The van der Waals surface area contributed by atoms with Crippen LogP contribution >= 0.6 is 23.7 Å². The van der Waals surface area contributed by atoms with Gasteiger partial charge in [0.1, 0.15) is 0 Å². The van der Waals surface area contributed by atoms with Crippen molar-refractivity contribution in [1.82, 2.24) is 8.99 Å². The van der Waals surface area contributed by atoms with Gasteiger partial charge in [-0.1, -0.05) is 0 Å². The molecule has 0 saturated heterocycles.